The van der Waals surface area contributed by atoms with E-state index in [1.165, 1.54) is 0 Å². The van der Waals surface area contributed by atoms with E-state index in [1.807, 2.05) is 12.1 Å². The fourth-order valence-electron chi connectivity index (χ4n) is 2.20. The van der Waals surface area contributed by atoms with Crippen LogP contribution in [0, 0.1) is 11.8 Å². The van der Waals surface area contributed by atoms with E-state index in [2.05, 4.69) is 10.3 Å². The van der Waals surface area contributed by atoms with Crippen LogP contribution in [-0.4, -0.2) is 34.3 Å². The summed E-state index contributed by atoms with van der Waals surface area (Å²) in [5, 5.41) is 2.23. The first-order valence-corrected chi connectivity index (χ1v) is 6.57. The molecule has 4 amide bonds. The zero-order chi connectivity index (χ0) is 14.7. The molecule has 1 saturated heterocycles. The Morgan fingerprint density at radius 2 is 2.05 bits per heavy atom. The van der Waals surface area contributed by atoms with Crippen LogP contribution in [0.15, 0.2) is 24.4 Å². The van der Waals surface area contributed by atoms with Gasteiger partial charge in [0.1, 0.15) is 5.92 Å². The van der Waals surface area contributed by atoms with Gasteiger partial charge in [-0.3, -0.25) is 24.8 Å². The summed E-state index contributed by atoms with van der Waals surface area (Å²) in [5.74, 6) is -1.88. The summed E-state index contributed by atoms with van der Waals surface area (Å²) >= 11 is 0. The number of pyridine rings is 1. The molecule has 1 N–H and O–H groups in total. The molecule has 1 aliphatic heterocycles. The quantitative estimate of drug-likeness (QED) is 0.831. The molecule has 1 fully saturated rings. The largest absolute Gasteiger partial charge is 0.330 e. The predicted octanol–water partition coefficient (Wildman–Crippen LogP) is 0.975. The van der Waals surface area contributed by atoms with E-state index >= 15 is 0 Å². The minimum Gasteiger partial charge on any atom is -0.277 e. The van der Waals surface area contributed by atoms with E-state index in [1.54, 1.807) is 26.1 Å². The smallest absolute Gasteiger partial charge is 0.277 e. The molecule has 1 aromatic heterocycles. The summed E-state index contributed by atoms with van der Waals surface area (Å²) in [6.45, 7) is 3.79. The van der Waals surface area contributed by atoms with Crippen molar-refractivity contribution in [2.45, 2.75) is 20.3 Å². The van der Waals surface area contributed by atoms with E-state index in [0.717, 1.165) is 10.6 Å². The summed E-state index contributed by atoms with van der Waals surface area (Å²) in [7, 11) is 0. The van der Waals surface area contributed by atoms with Gasteiger partial charge in [0.2, 0.25) is 11.8 Å². The van der Waals surface area contributed by atoms with Crippen molar-refractivity contribution in [3.05, 3.63) is 30.1 Å². The number of hydrogen-bond acceptors (Lipinski definition) is 4. The number of nitrogens with one attached hydrogen (secondary N) is 1. The number of rotatable bonds is 4. The average Bonchev–Trinajstić information content (AvgIpc) is 2.38. The van der Waals surface area contributed by atoms with Gasteiger partial charge in [0, 0.05) is 24.9 Å². The van der Waals surface area contributed by atoms with Gasteiger partial charge in [0.25, 0.3) is 0 Å². The Morgan fingerprint density at radius 3 is 2.65 bits per heavy atom. The molecule has 2 rings (SSSR count). The van der Waals surface area contributed by atoms with Crippen molar-refractivity contribution in [3.8, 4) is 0 Å². The molecule has 0 aromatic carbocycles. The van der Waals surface area contributed by atoms with Gasteiger partial charge in [-0.1, -0.05) is 19.9 Å². The highest BCUT2D eigenvalue weighted by molar-refractivity contribution is 6.16. The van der Waals surface area contributed by atoms with Gasteiger partial charge in [0.15, 0.2) is 0 Å². The number of aromatic nitrogens is 1. The van der Waals surface area contributed by atoms with Crippen LogP contribution in [0.5, 0.6) is 0 Å². The SMILES string of the molecule is CC(C)C1C(=O)NC(=O)N(CCc2ccccn2)C1=O. The third kappa shape index (κ3) is 2.84. The molecule has 106 valence electrons. The second-order valence-corrected chi connectivity index (χ2v) is 5.08. The van der Waals surface area contributed by atoms with Crippen LogP contribution in [-0.2, 0) is 16.0 Å². The average molecular weight is 275 g/mol. The summed E-state index contributed by atoms with van der Waals surface area (Å²) < 4.78 is 0. The van der Waals surface area contributed by atoms with Gasteiger partial charge >= 0.3 is 6.03 Å². The Bertz CT molecular complexity index is 528. The molecule has 0 aliphatic carbocycles. The third-order valence-corrected chi connectivity index (χ3v) is 3.27. The van der Waals surface area contributed by atoms with E-state index in [-0.39, 0.29) is 12.5 Å². The molecule has 0 radical (unpaired) electrons. The number of nitrogens with zero attached hydrogens (tertiary/aromatic N) is 2. The van der Waals surface area contributed by atoms with Gasteiger partial charge < -0.3 is 0 Å². The molecule has 1 aromatic rings. The molecule has 20 heavy (non-hydrogen) atoms. The van der Waals surface area contributed by atoms with Crippen LogP contribution in [0.2, 0.25) is 0 Å². The van der Waals surface area contributed by atoms with Crippen LogP contribution in [0.1, 0.15) is 19.5 Å². The molecule has 6 heteroatoms. The van der Waals surface area contributed by atoms with Crippen LogP contribution >= 0.6 is 0 Å². The molecule has 1 unspecified atom stereocenters. The van der Waals surface area contributed by atoms with Crippen LogP contribution in [0.3, 0.4) is 0 Å². The van der Waals surface area contributed by atoms with Crippen LogP contribution < -0.4 is 5.32 Å². The maximum absolute atomic E-state index is 12.2. The lowest BCUT2D eigenvalue weighted by atomic mass is 9.92. The van der Waals surface area contributed by atoms with Crippen molar-refractivity contribution in [3.63, 3.8) is 0 Å². The summed E-state index contributed by atoms with van der Waals surface area (Å²) in [6, 6.07) is 4.83. The van der Waals surface area contributed by atoms with E-state index in [9.17, 15) is 14.4 Å². The molecule has 0 bridgehead atoms. The van der Waals surface area contributed by atoms with Crippen molar-refractivity contribution in [1.29, 1.82) is 0 Å². The highest BCUT2D eigenvalue weighted by Gasteiger charge is 2.41. The lowest BCUT2D eigenvalue weighted by Crippen LogP contribution is -2.59. The van der Waals surface area contributed by atoms with Crippen molar-refractivity contribution >= 4 is 17.8 Å². The Hall–Kier alpha value is -2.24. The van der Waals surface area contributed by atoms with Gasteiger partial charge in [-0.2, -0.15) is 0 Å². The molecule has 6 nitrogen and oxygen atoms in total. The van der Waals surface area contributed by atoms with Crippen molar-refractivity contribution in [1.82, 2.24) is 15.2 Å². The van der Waals surface area contributed by atoms with E-state index in [4.69, 9.17) is 0 Å². The van der Waals surface area contributed by atoms with Gasteiger partial charge in [0.05, 0.1) is 0 Å². The first kappa shape index (κ1) is 14.2. The zero-order valence-electron chi connectivity index (χ0n) is 11.5. The van der Waals surface area contributed by atoms with Gasteiger partial charge in [-0.15, -0.1) is 0 Å². The second kappa shape index (κ2) is 5.81. The molecule has 0 saturated carbocycles. The molecule has 0 spiro atoms. The lowest BCUT2D eigenvalue weighted by molar-refractivity contribution is -0.144. The maximum Gasteiger partial charge on any atom is 0.330 e. The number of barbiturate groups is 1. The number of urea groups is 1. The first-order chi connectivity index (χ1) is 9.50. The number of carbonyl (C=O) groups is 3. The minimum atomic E-state index is -0.795. The number of carbonyl (C=O) groups excluding carboxylic acids is 3. The molecular formula is C14H17N3O3. The second-order valence-electron chi connectivity index (χ2n) is 5.08. The Labute approximate surface area is 117 Å². The standard InChI is InChI=1S/C14H17N3O3/c1-9(2)11-12(18)16-14(20)17(13(11)19)8-6-10-5-3-4-7-15-10/h3-5,7,9,11H,6,8H2,1-2H3,(H,16,18,20). The Kier molecular flexibility index (Phi) is 4.12. The number of hydrogen-bond donors (Lipinski definition) is 1. The Morgan fingerprint density at radius 1 is 1.30 bits per heavy atom. The molecule has 2 heterocycles. The zero-order valence-corrected chi connectivity index (χ0v) is 11.5. The summed E-state index contributed by atoms with van der Waals surface area (Å²) in [4.78, 5) is 40.9. The predicted molar refractivity (Wildman–Crippen MR) is 71.5 cm³/mol. The fourth-order valence-corrected chi connectivity index (χ4v) is 2.20. The van der Waals surface area contributed by atoms with Crippen LogP contribution in [0.25, 0.3) is 0 Å². The number of imide groups is 2. The van der Waals surface area contributed by atoms with Crippen molar-refractivity contribution in [2.24, 2.45) is 11.8 Å². The maximum atomic E-state index is 12.2. The van der Waals surface area contributed by atoms with Crippen molar-refractivity contribution in [2.75, 3.05) is 6.54 Å². The van der Waals surface area contributed by atoms with Crippen molar-refractivity contribution < 1.29 is 14.4 Å². The van der Waals surface area contributed by atoms with E-state index < -0.39 is 23.8 Å². The summed E-state index contributed by atoms with van der Waals surface area (Å²) in [6.07, 6.45) is 2.13. The van der Waals surface area contributed by atoms with Gasteiger partial charge in [-0.25, -0.2) is 4.79 Å². The topological polar surface area (TPSA) is 79.4 Å². The third-order valence-electron chi connectivity index (χ3n) is 3.27. The first-order valence-electron chi connectivity index (χ1n) is 6.57. The molecule has 1 aliphatic rings. The highest BCUT2D eigenvalue weighted by atomic mass is 16.2. The monoisotopic (exact) mass is 275 g/mol. The normalized spacial score (nSPS) is 19.4. The van der Waals surface area contributed by atoms with E-state index in [0.29, 0.717) is 6.42 Å². The number of amides is 4. The molecular weight excluding hydrogens is 258 g/mol. The molecule has 1 atom stereocenters. The van der Waals surface area contributed by atoms with Crippen LogP contribution in [0.4, 0.5) is 4.79 Å². The Balaban J connectivity index is 2.08. The van der Waals surface area contributed by atoms with Gasteiger partial charge in [-0.05, 0) is 18.1 Å². The fraction of sp³-hybridized carbons (Fsp3) is 0.429. The minimum absolute atomic E-state index is 0.145. The summed E-state index contributed by atoms with van der Waals surface area (Å²) in [5.41, 5.74) is 0.797. The lowest BCUT2D eigenvalue weighted by Gasteiger charge is -2.31. The highest BCUT2D eigenvalue weighted by Crippen LogP contribution is 2.19.